The van der Waals surface area contributed by atoms with Crippen LogP contribution >= 0.6 is 0 Å². The first-order chi connectivity index (χ1) is 9.94. The van der Waals surface area contributed by atoms with Gasteiger partial charge >= 0.3 is 6.18 Å². The highest BCUT2D eigenvalue weighted by atomic mass is 19.4. The predicted octanol–water partition coefficient (Wildman–Crippen LogP) is 2.54. The molecule has 1 fully saturated rings. The minimum Gasteiger partial charge on any atom is -0.376 e. The number of aromatic nitrogens is 2. The minimum absolute atomic E-state index is 0.0484. The number of hydrogen-bond donors (Lipinski definition) is 1. The molecule has 1 atom stereocenters. The number of anilines is 2. The largest absolute Gasteiger partial charge is 0.451 e. The van der Waals surface area contributed by atoms with Crippen LogP contribution < -0.4 is 10.2 Å². The van der Waals surface area contributed by atoms with Crippen LogP contribution in [0.4, 0.5) is 24.8 Å². The van der Waals surface area contributed by atoms with Crippen LogP contribution in [0.15, 0.2) is 6.07 Å². The van der Waals surface area contributed by atoms with Gasteiger partial charge in [0.15, 0.2) is 0 Å². The summed E-state index contributed by atoms with van der Waals surface area (Å²) in [6, 6.07) is 1.52. The monoisotopic (exact) mass is 304 g/mol. The fraction of sp³-hybridized carbons (Fsp3) is 0.692. The van der Waals surface area contributed by atoms with E-state index in [2.05, 4.69) is 15.3 Å². The van der Waals surface area contributed by atoms with Crippen molar-refractivity contribution in [3.8, 4) is 0 Å². The van der Waals surface area contributed by atoms with Crippen molar-refractivity contribution >= 4 is 11.6 Å². The number of likely N-dealkylation sites (N-methyl/N-ethyl adjacent to an activating group) is 1. The quantitative estimate of drug-likeness (QED) is 0.906. The van der Waals surface area contributed by atoms with Crippen LogP contribution in [0.5, 0.6) is 0 Å². The molecule has 1 aliphatic rings. The van der Waals surface area contributed by atoms with E-state index < -0.39 is 12.0 Å². The molecular weight excluding hydrogens is 285 g/mol. The summed E-state index contributed by atoms with van der Waals surface area (Å²) in [6.45, 7) is 3.68. The average Bonchev–Trinajstić information content (AvgIpc) is 2.96. The van der Waals surface area contributed by atoms with Crippen LogP contribution in [0.25, 0.3) is 0 Å². The van der Waals surface area contributed by atoms with Crippen LogP contribution in [0.3, 0.4) is 0 Å². The third-order valence-corrected chi connectivity index (χ3v) is 3.38. The third kappa shape index (κ3) is 3.96. The van der Waals surface area contributed by atoms with E-state index in [0.29, 0.717) is 19.7 Å². The molecule has 1 aromatic rings. The van der Waals surface area contributed by atoms with E-state index in [-0.39, 0.29) is 17.7 Å². The molecule has 1 aliphatic heterocycles. The summed E-state index contributed by atoms with van der Waals surface area (Å²) < 4.78 is 44.1. The second-order valence-corrected chi connectivity index (χ2v) is 4.86. The van der Waals surface area contributed by atoms with Gasteiger partial charge < -0.3 is 15.0 Å². The van der Waals surface area contributed by atoms with Crippen molar-refractivity contribution in [2.45, 2.75) is 32.0 Å². The number of halogens is 3. The number of nitrogens with zero attached hydrogens (tertiary/aromatic N) is 3. The van der Waals surface area contributed by atoms with Gasteiger partial charge in [0, 0.05) is 32.8 Å². The second-order valence-electron chi connectivity index (χ2n) is 4.86. The number of hydrogen-bond acceptors (Lipinski definition) is 5. The zero-order chi connectivity index (χ0) is 15.5. The van der Waals surface area contributed by atoms with Crippen LogP contribution in [-0.4, -0.2) is 42.8 Å². The molecule has 0 aliphatic carbocycles. The molecule has 0 radical (unpaired) electrons. The Bertz CT molecular complexity index is 475. The maximum Gasteiger partial charge on any atom is 0.451 e. The fourth-order valence-corrected chi connectivity index (χ4v) is 2.27. The molecule has 2 rings (SSSR count). The second kappa shape index (κ2) is 6.46. The lowest BCUT2D eigenvalue weighted by Gasteiger charge is -2.25. The summed E-state index contributed by atoms with van der Waals surface area (Å²) in [7, 11) is 1.53. The highest BCUT2D eigenvalue weighted by Crippen LogP contribution is 2.29. The minimum atomic E-state index is -4.56. The molecule has 0 aromatic carbocycles. The van der Waals surface area contributed by atoms with Gasteiger partial charge in [-0.05, 0) is 19.8 Å². The summed E-state index contributed by atoms with van der Waals surface area (Å²) in [5.74, 6) is -0.715. The molecule has 5 nitrogen and oxygen atoms in total. The zero-order valence-electron chi connectivity index (χ0n) is 12.1. The summed E-state index contributed by atoms with van der Waals surface area (Å²) in [5.41, 5.74) is 0. The molecule has 1 saturated heterocycles. The topological polar surface area (TPSA) is 50.3 Å². The molecule has 21 heavy (non-hydrogen) atoms. The van der Waals surface area contributed by atoms with Gasteiger partial charge in [-0.15, -0.1) is 0 Å². The normalized spacial score (nSPS) is 18.8. The Hall–Kier alpha value is -1.57. The SMILES string of the molecule is CCN(CC1CCCO1)c1cc(NC)nc(C(F)(F)F)n1. The Morgan fingerprint density at radius 2 is 2.19 bits per heavy atom. The summed E-state index contributed by atoms with van der Waals surface area (Å²) >= 11 is 0. The lowest BCUT2D eigenvalue weighted by atomic mass is 10.2. The van der Waals surface area contributed by atoms with Crippen molar-refractivity contribution in [1.29, 1.82) is 0 Å². The van der Waals surface area contributed by atoms with Crippen molar-refractivity contribution in [3.63, 3.8) is 0 Å². The third-order valence-electron chi connectivity index (χ3n) is 3.38. The zero-order valence-corrected chi connectivity index (χ0v) is 12.1. The molecule has 0 spiro atoms. The van der Waals surface area contributed by atoms with Crippen LogP contribution in [0, 0.1) is 0 Å². The maximum atomic E-state index is 12.9. The van der Waals surface area contributed by atoms with Crippen LogP contribution in [-0.2, 0) is 10.9 Å². The number of nitrogens with one attached hydrogen (secondary N) is 1. The fourth-order valence-electron chi connectivity index (χ4n) is 2.27. The molecule has 2 heterocycles. The van der Waals surface area contributed by atoms with E-state index in [0.717, 1.165) is 12.8 Å². The first kappa shape index (κ1) is 15.8. The van der Waals surface area contributed by atoms with Gasteiger partial charge in [0.1, 0.15) is 11.6 Å². The van der Waals surface area contributed by atoms with Crippen molar-refractivity contribution in [3.05, 3.63) is 11.9 Å². The Morgan fingerprint density at radius 1 is 1.43 bits per heavy atom. The first-order valence-corrected chi connectivity index (χ1v) is 6.94. The summed E-state index contributed by atoms with van der Waals surface area (Å²) in [5, 5.41) is 2.64. The van der Waals surface area contributed by atoms with Gasteiger partial charge in [-0.2, -0.15) is 13.2 Å². The Labute approximate surface area is 121 Å². The molecule has 0 saturated carbocycles. The molecular formula is C13H19F3N4O. The van der Waals surface area contributed by atoms with Gasteiger partial charge in [0.2, 0.25) is 5.82 Å². The highest BCUT2D eigenvalue weighted by Gasteiger charge is 2.36. The molecule has 0 bridgehead atoms. The van der Waals surface area contributed by atoms with Gasteiger partial charge in [0.25, 0.3) is 0 Å². The molecule has 118 valence electrons. The number of ether oxygens (including phenoxy) is 1. The van der Waals surface area contributed by atoms with Crippen molar-refractivity contribution in [2.24, 2.45) is 0 Å². The van der Waals surface area contributed by atoms with Gasteiger partial charge in [0.05, 0.1) is 6.10 Å². The molecule has 8 heteroatoms. The van der Waals surface area contributed by atoms with E-state index in [4.69, 9.17) is 4.74 Å². The van der Waals surface area contributed by atoms with E-state index in [1.807, 2.05) is 6.92 Å². The summed E-state index contributed by atoms with van der Waals surface area (Å²) in [6.07, 6.45) is -2.61. The summed E-state index contributed by atoms with van der Waals surface area (Å²) in [4.78, 5) is 8.91. The van der Waals surface area contributed by atoms with Crippen molar-refractivity contribution < 1.29 is 17.9 Å². The Kier molecular flexibility index (Phi) is 4.87. The van der Waals surface area contributed by atoms with Crippen molar-refractivity contribution in [1.82, 2.24) is 9.97 Å². The van der Waals surface area contributed by atoms with E-state index in [1.54, 1.807) is 4.90 Å². The standard InChI is InChI=1S/C13H19F3N4O/c1-3-20(8-9-5-4-6-21-9)11-7-10(17-2)18-12(19-11)13(14,15)16/h7,9H,3-6,8H2,1-2H3,(H,17,18,19). The van der Waals surface area contributed by atoms with Crippen LogP contribution in [0.1, 0.15) is 25.6 Å². The lowest BCUT2D eigenvalue weighted by molar-refractivity contribution is -0.144. The van der Waals surface area contributed by atoms with Crippen molar-refractivity contribution in [2.75, 3.05) is 37.0 Å². The highest BCUT2D eigenvalue weighted by molar-refractivity contribution is 5.49. The van der Waals surface area contributed by atoms with Gasteiger partial charge in [-0.1, -0.05) is 0 Å². The Morgan fingerprint density at radius 3 is 2.71 bits per heavy atom. The number of rotatable bonds is 5. The van der Waals surface area contributed by atoms with E-state index >= 15 is 0 Å². The smallest absolute Gasteiger partial charge is 0.376 e. The Balaban J connectivity index is 2.26. The first-order valence-electron chi connectivity index (χ1n) is 6.94. The van der Waals surface area contributed by atoms with Crippen LogP contribution in [0.2, 0.25) is 0 Å². The molecule has 0 amide bonds. The number of alkyl halides is 3. The lowest BCUT2D eigenvalue weighted by Crippen LogP contribution is -2.33. The van der Waals surface area contributed by atoms with Gasteiger partial charge in [-0.3, -0.25) is 0 Å². The maximum absolute atomic E-state index is 12.9. The van der Waals surface area contributed by atoms with Gasteiger partial charge in [-0.25, -0.2) is 9.97 Å². The average molecular weight is 304 g/mol. The van der Waals surface area contributed by atoms with E-state index in [1.165, 1.54) is 13.1 Å². The molecule has 1 aromatic heterocycles. The molecule has 1 unspecified atom stereocenters. The van der Waals surface area contributed by atoms with E-state index in [9.17, 15) is 13.2 Å². The predicted molar refractivity (Wildman–Crippen MR) is 73.4 cm³/mol. The molecule has 1 N–H and O–H groups in total.